The largest absolute Gasteiger partial charge is 0.0961 e. The maximum Gasteiger partial charge on any atom is -0.000729 e. The third kappa shape index (κ3) is 11.2. The van der Waals surface area contributed by atoms with E-state index in [1.165, 1.54) is 99.8 Å². The molecule has 0 unspecified atom stereocenters. The van der Waals surface area contributed by atoms with Crippen LogP contribution in [-0.4, -0.2) is 0 Å². The van der Waals surface area contributed by atoms with Crippen LogP contribution in [0.4, 0.5) is 0 Å². The third-order valence-electron chi connectivity index (χ3n) is 11.8. The smallest absolute Gasteiger partial charge is 0.000729 e. The van der Waals surface area contributed by atoms with E-state index in [1.54, 1.807) is 0 Å². The van der Waals surface area contributed by atoms with Crippen molar-refractivity contribution < 1.29 is 0 Å². The zero-order valence-electron chi connectivity index (χ0n) is 38.9. The van der Waals surface area contributed by atoms with Crippen LogP contribution >= 0.6 is 0 Å². The minimum atomic E-state index is 1.03. The molecule has 0 amide bonds. The number of allylic oxidation sites excluding steroid dienone is 5. The van der Waals surface area contributed by atoms with Crippen molar-refractivity contribution in [3.8, 4) is 55.6 Å². The highest BCUT2D eigenvalue weighted by Gasteiger charge is 2.21. The van der Waals surface area contributed by atoms with Crippen LogP contribution in [0, 0.1) is 13.8 Å². The molecule has 9 aromatic rings. The summed E-state index contributed by atoms with van der Waals surface area (Å²) in [5.41, 5.74) is 22.1. The predicted molar refractivity (Wildman–Crippen MR) is 285 cm³/mol. The summed E-state index contributed by atoms with van der Waals surface area (Å²) in [5, 5.41) is 2.67. The molecule has 10 rings (SSSR count). The van der Waals surface area contributed by atoms with Crippen molar-refractivity contribution in [2.75, 3.05) is 0 Å². The van der Waals surface area contributed by atoms with Gasteiger partial charge in [-0.15, -0.1) is 0 Å². The summed E-state index contributed by atoms with van der Waals surface area (Å²) in [6.07, 6.45) is 7.32. The molecule has 0 bridgehead atoms. The second-order valence-corrected chi connectivity index (χ2v) is 16.3. The Labute approximate surface area is 388 Å². The summed E-state index contributed by atoms with van der Waals surface area (Å²) in [5.74, 6) is 0. The Hall–Kier alpha value is -7.54. The molecule has 0 saturated carbocycles. The molecule has 0 heterocycles. The molecule has 0 radical (unpaired) electrons. The maximum atomic E-state index is 3.91. The molecule has 0 nitrogen and oxygen atoms in total. The van der Waals surface area contributed by atoms with E-state index >= 15 is 0 Å². The van der Waals surface area contributed by atoms with E-state index in [9.17, 15) is 0 Å². The van der Waals surface area contributed by atoms with Crippen molar-refractivity contribution in [2.24, 2.45) is 0 Å². The van der Waals surface area contributed by atoms with Crippen molar-refractivity contribution in [1.29, 1.82) is 0 Å². The van der Waals surface area contributed by atoms with Crippen LogP contribution in [0.3, 0.4) is 0 Å². The molecule has 0 heteroatoms. The molecule has 0 aromatic heterocycles. The average molecular weight is 841 g/mol. The SMILES string of the molecule is C=C(C)/C=C\C(=C/C)c1cccc(-c2ccccc2)c1.CC.Cc1ccc(-c2ccc(-c3cccc4c3Cc3ccccc3-4)cc2)cc1.Cc1ccc(-c2ccccc2)c2ccccc12. The maximum absolute atomic E-state index is 3.91. The third-order valence-corrected chi connectivity index (χ3v) is 11.8. The van der Waals surface area contributed by atoms with E-state index in [2.05, 4.69) is 246 Å². The lowest BCUT2D eigenvalue weighted by atomic mass is 9.94. The summed E-state index contributed by atoms with van der Waals surface area (Å²) in [4.78, 5) is 0. The van der Waals surface area contributed by atoms with Crippen LogP contribution in [-0.2, 0) is 6.42 Å². The Morgan fingerprint density at radius 2 is 0.938 bits per heavy atom. The van der Waals surface area contributed by atoms with Crippen LogP contribution < -0.4 is 0 Å². The molecule has 0 atom stereocenters. The molecule has 0 fully saturated rings. The highest BCUT2D eigenvalue weighted by atomic mass is 14.2. The first kappa shape index (κ1) is 45.5. The highest BCUT2D eigenvalue weighted by Crippen LogP contribution is 2.42. The normalized spacial score (nSPS) is 11.3. The molecule has 9 aromatic carbocycles. The standard InChI is InChI=1S/C26H20.C20H20.C17H14.C2H6/c1-18-9-11-19(12-10-18)20-13-15-21(16-14-20)23-7-4-8-25-24-6-3-2-5-22(24)17-26(23)25;1-4-17(14-13-16(2)3)19-11-8-12-20(15-19)18-9-6-5-7-10-18;1-13-11-12-16(14-7-3-2-4-8-14)17-10-6-5-9-15(13)17;1-2/h2-16H,17H2,1H3;4-15H,2H2,1,3H3;2-12H,1H3;1-2H3/b;14-13-,17-4+;;. The molecule has 1 aliphatic carbocycles. The van der Waals surface area contributed by atoms with Crippen molar-refractivity contribution in [3.63, 3.8) is 0 Å². The van der Waals surface area contributed by atoms with Gasteiger partial charge in [0, 0.05) is 0 Å². The molecule has 1 aliphatic rings. The molecular weight excluding hydrogens is 781 g/mol. The lowest BCUT2D eigenvalue weighted by molar-refractivity contribution is 1.26. The van der Waals surface area contributed by atoms with Gasteiger partial charge >= 0.3 is 0 Å². The van der Waals surface area contributed by atoms with Gasteiger partial charge in [-0.1, -0.05) is 256 Å². The number of benzene rings is 9. The zero-order valence-corrected chi connectivity index (χ0v) is 38.9. The summed E-state index contributed by atoms with van der Waals surface area (Å²) in [6.45, 7) is 16.3. The van der Waals surface area contributed by atoms with Crippen LogP contribution in [0.5, 0.6) is 0 Å². The first-order valence-corrected chi connectivity index (χ1v) is 22.9. The van der Waals surface area contributed by atoms with E-state index in [4.69, 9.17) is 0 Å². The van der Waals surface area contributed by atoms with Crippen LogP contribution in [0.25, 0.3) is 72.0 Å². The first-order valence-electron chi connectivity index (χ1n) is 22.9. The lowest BCUT2D eigenvalue weighted by Gasteiger charge is -2.10. The number of hydrogen-bond acceptors (Lipinski definition) is 0. The fourth-order valence-electron chi connectivity index (χ4n) is 8.44. The fraction of sp³-hybridized carbons (Fsp3) is 0.108. The van der Waals surface area contributed by atoms with E-state index in [0.29, 0.717) is 0 Å². The lowest BCUT2D eigenvalue weighted by Crippen LogP contribution is -1.88. The first-order chi connectivity index (χ1) is 31.9. The van der Waals surface area contributed by atoms with Crippen LogP contribution in [0.1, 0.15) is 55.5 Å². The van der Waals surface area contributed by atoms with Crippen LogP contribution in [0.15, 0.2) is 243 Å². The predicted octanol–water partition coefficient (Wildman–Crippen LogP) is 18.6. The number of hydrogen-bond donors (Lipinski definition) is 0. The van der Waals surface area contributed by atoms with Gasteiger partial charge in [-0.25, -0.2) is 0 Å². The van der Waals surface area contributed by atoms with Crippen molar-refractivity contribution in [2.45, 2.75) is 48.0 Å². The van der Waals surface area contributed by atoms with Gasteiger partial charge in [0.1, 0.15) is 0 Å². The van der Waals surface area contributed by atoms with Gasteiger partial charge in [0.05, 0.1) is 0 Å². The van der Waals surface area contributed by atoms with Crippen molar-refractivity contribution in [3.05, 3.63) is 271 Å². The van der Waals surface area contributed by atoms with Gasteiger partial charge in [-0.2, -0.15) is 0 Å². The average Bonchev–Trinajstić information content (AvgIpc) is 3.75. The highest BCUT2D eigenvalue weighted by molar-refractivity contribution is 5.98. The molecular formula is C65H60. The van der Waals surface area contributed by atoms with Gasteiger partial charge < -0.3 is 0 Å². The molecule has 320 valence electrons. The fourth-order valence-corrected chi connectivity index (χ4v) is 8.44. The van der Waals surface area contributed by atoms with Crippen LogP contribution in [0.2, 0.25) is 0 Å². The quantitative estimate of drug-likeness (QED) is 0.140. The Bertz CT molecular complexity index is 3030. The van der Waals surface area contributed by atoms with E-state index in [-0.39, 0.29) is 0 Å². The Morgan fingerprint density at radius 1 is 0.431 bits per heavy atom. The van der Waals surface area contributed by atoms with Crippen molar-refractivity contribution in [1.82, 2.24) is 0 Å². The zero-order chi connectivity index (χ0) is 45.5. The summed E-state index contributed by atoms with van der Waals surface area (Å²) < 4.78 is 0. The molecule has 65 heavy (non-hydrogen) atoms. The summed E-state index contributed by atoms with van der Waals surface area (Å²) in [6, 6.07) is 75.8. The number of rotatable bonds is 7. The molecule has 0 N–H and O–H groups in total. The summed E-state index contributed by atoms with van der Waals surface area (Å²) in [7, 11) is 0. The van der Waals surface area contributed by atoms with Gasteiger partial charge in [0.25, 0.3) is 0 Å². The Balaban J connectivity index is 0.000000146. The molecule has 0 spiro atoms. The Morgan fingerprint density at radius 3 is 1.62 bits per heavy atom. The van der Waals surface area contributed by atoms with E-state index in [0.717, 1.165) is 12.0 Å². The van der Waals surface area contributed by atoms with E-state index in [1.807, 2.05) is 32.9 Å². The van der Waals surface area contributed by atoms with Crippen molar-refractivity contribution >= 4 is 16.3 Å². The second-order valence-electron chi connectivity index (χ2n) is 16.3. The van der Waals surface area contributed by atoms with Gasteiger partial charge in [-0.05, 0) is 134 Å². The molecule has 0 aliphatic heterocycles. The minimum Gasteiger partial charge on any atom is -0.0961 e. The number of fused-ring (bicyclic) bond motifs is 4. The van der Waals surface area contributed by atoms with E-state index < -0.39 is 0 Å². The molecule has 0 saturated heterocycles. The second kappa shape index (κ2) is 22.2. The van der Waals surface area contributed by atoms with Gasteiger partial charge in [0.15, 0.2) is 0 Å². The topological polar surface area (TPSA) is 0 Å². The minimum absolute atomic E-state index is 1.03. The van der Waals surface area contributed by atoms with Gasteiger partial charge in [0.2, 0.25) is 0 Å². The monoisotopic (exact) mass is 840 g/mol. The Kier molecular flexibility index (Phi) is 15.5. The van der Waals surface area contributed by atoms with Gasteiger partial charge in [-0.3, -0.25) is 0 Å². The summed E-state index contributed by atoms with van der Waals surface area (Å²) >= 11 is 0. The number of aryl methyl sites for hydroxylation is 2.